The molecule has 0 radical (unpaired) electrons. The van der Waals surface area contributed by atoms with Gasteiger partial charge in [0.2, 0.25) is 0 Å². The van der Waals surface area contributed by atoms with E-state index < -0.39 is 5.60 Å². The minimum Gasteiger partial charge on any atom is -0.388 e. The van der Waals surface area contributed by atoms with Crippen molar-refractivity contribution in [3.63, 3.8) is 0 Å². The summed E-state index contributed by atoms with van der Waals surface area (Å²) in [4.78, 5) is 0. The maximum atomic E-state index is 10.2. The summed E-state index contributed by atoms with van der Waals surface area (Å²) in [5, 5.41) is 13.5. The first-order valence-electron chi connectivity index (χ1n) is 6.15. The number of aryl methyl sites for hydroxylation is 2. The fourth-order valence-electron chi connectivity index (χ4n) is 1.81. The van der Waals surface area contributed by atoms with Gasteiger partial charge in [0.15, 0.2) is 0 Å². The second-order valence-electron chi connectivity index (χ2n) is 4.71. The highest BCUT2D eigenvalue weighted by molar-refractivity contribution is 9.10. The topological polar surface area (TPSA) is 32.3 Å². The molecule has 3 heteroatoms. The van der Waals surface area contributed by atoms with Crippen molar-refractivity contribution in [2.24, 2.45) is 0 Å². The number of hydrogen-bond donors (Lipinski definition) is 2. The van der Waals surface area contributed by atoms with Crippen LogP contribution in [0.3, 0.4) is 0 Å². The molecule has 1 rings (SSSR count). The van der Waals surface area contributed by atoms with E-state index in [1.165, 1.54) is 11.1 Å². The molecule has 0 saturated heterocycles. The third kappa shape index (κ3) is 3.71. The summed E-state index contributed by atoms with van der Waals surface area (Å²) >= 11 is 3.55. The van der Waals surface area contributed by atoms with E-state index in [1.807, 2.05) is 13.8 Å². The van der Waals surface area contributed by atoms with Crippen LogP contribution in [0.4, 0.5) is 5.69 Å². The van der Waals surface area contributed by atoms with E-state index in [1.54, 1.807) is 0 Å². The van der Waals surface area contributed by atoms with Crippen molar-refractivity contribution in [1.82, 2.24) is 0 Å². The maximum Gasteiger partial charge on any atom is 0.0814 e. The molecule has 0 amide bonds. The highest BCUT2D eigenvalue weighted by Crippen LogP contribution is 2.25. The number of aliphatic hydroxyl groups is 1. The summed E-state index contributed by atoms with van der Waals surface area (Å²) in [5.74, 6) is 0. The predicted molar refractivity (Wildman–Crippen MR) is 77.6 cm³/mol. The molecule has 0 heterocycles. The molecule has 2 N–H and O–H groups in total. The van der Waals surface area contributed by atoms with Crippen molar-refractivity contribution in [2.75, 3.05) is 11.9 Å². The van der Waals surface area contributed by atoms with Gasteiger partial charge in [-0.1, -0.05) is 29.8 Å². The number of benzene rings is 1. The molecule has 0 aliphatic carbocycles. The van der Waals surface area contributed by atoms with Gasteiger partial charge in [-0.15, -0.1) is 0 Å². The first-order valence-corrected chi connectivity index (χ1v) is 6.94. The lowest BCUT2D eigenvalue weighted by Gasteiger charge is -2.26. The summed E-state index contributed by atoms with van der Waals surface area (Å²) in [6.45, 7) is 8.79. The van der Waals surface area contributed by atoms with Crippen LogP contribution in [0.5, 0.6) is 0 Å². The van der Waals surface area contributed by atoms with E-state index in [4.69, 9.17) is 0 Å². The molecule has 0 aromatic heterocycles. The van der Waals surface area contributed by atoms with Crippen LogP contribution in [0, 0.1) is 13.8 Å². The summed E-state index contributed by atoms with van der Waals surface area (Å²) in [7, 11) is 0. The van der Waals surface area contributed by atoms with Gasteiger partial charge in [-0.2, -0.15) is 0 Å². The Balaban J connectivity index is 2.76. The summed E-state index contributed by atoms with van der Waals surface area (Å²) in [6.07, 6.45) is 1.54. The molecule has 0 saturated carbocycles. The van der Waals surface area contributed by atoms with Crippen LogP contribution in [0.15, 0.2) is 16.6 Å². The lowest BCUT2D eigenvalue weighted by atomic mass is 9.97. The van der Waals surface area contributed by atoms with Crippen LogP contribution in [-0.2, 0) is 0 Å². The summed E-state index contributed by atoms with van der Waals surface area (Å²) in [5.41, 5.74) is 2.89. The minimum atomic E-state index is -0.602. The number of halogens is 1. The third-order valence-corrected chi connectivity index (χ3v) is 4.63. The fraction of sp³-hybridized carbons (Fsp3) is 0.571. The van der Waals surface area contributed by atoms with Crippen LogP contribution in [-0.4, -0.2) is 17.3 Å². The van der Waals surface area contributed by atoms with Gasteiger partial charge in [0.1, 0.15) is 0 Å². The lowest BCUT2D eigenvalue weighted by molar-refractivity contribution is 0.0457. The highest BCUT2D eigenvalue weighted by Gasteiger charge is 2.21. The van der Waals surface area contributed by atoms with Gasteiger partial charge in [0, 0.05) is 16.7 Å². The number of anilines is 1. The predicted octanol–water partition coefficient (Wildman–Crippen LogP) is 4.03. The Morgan fingerprint density at radius 1 is 1.18 bits per heavy atom. The highest BCUT2D eigenvalue weighted by atomic mass is 79.9. The second kappa shape index (κ2) is 5.87. The van der Waals surface area contributed by atoms with Gasteiger partial charge >= 0.3 is 0 Å². The Labute approximate surface area is 113 Å². The number of hydrogen-bond acceptors (Lipinski definition) is 2. The van der Waals surface area contributed by atoms with E-state index in [9.17, 15) is 5.11 Å². The number of nitrogens with one attached hydrogen (secondary N) is 1. The standard InChI is InChI=1S/C14H22BrNO/c1-5-14(17,6-2)9-16-12-7-10(3)13(15)11(4)8-12/h7-8,16-17H,5-6,9H2,1-4H3. The quantitative estimate of drug-likeness (QED) is 0.860. The molecule has 0 bridgehead atoms. The third-order valence-electron chi connectivity index (χ3n) is 3.37. The van der Waals surface area contributed by atoms with Crippen molar-refractivity contribution < 1.29 is 5.11 Å². The first-order chi connectivity index (χ1) is 7.91. The molecular weight excluding hydrogens is 278 g/mol. The zero-order valence-corrected chi connectivity index (χ0v) is 12.7. The Morgan fingerprint density at radius 3 is 2.06 bits per heavy atom. The molecule has 0 atom stereocenters. The van der Waals surface area contributed by atoms with E-state index >= 15 is 0 Å². The average Bonchev–Trinajstić information content (AvgIpc) is 2.32. The molecular formula is C14H22BrNO. The summed E-state index contributed by atoms with van der Waals surface area (Å²) in [6, 6.07) is 4.20. The lowest BCUT2D eigenvalue weighted by Crippen LogP contribution is -2.35. The van der Waals surface area contributed by atoms with E-state index in [0.29, 0.717) is 6.54 Å². The molecule has 1 aromatic rings. The fourth-order valence-corrected chi connectivity index (χ4v) is 2.04. The van der Waals surface area contributed by atoms with Gasteiger partial charge < -0.3 is 10.4 Å². The van der Waals surface area contributed by atoms with Crippen molar-refractivity contribution in [2.45, 2.75) is 46.1 Å². The van der Waals surface area contributed by atoms with Crippen molar-refractivity contribution in [1.29, 1.82) is 0 Å². The van der Waals surface area contributed by atoms with Crippen LogP contribution in [0.25, 0.3) is 0 Å². The monoisotopic (exact) mass is 299 g/mol. The Bertz CT molecular complexity index is 363. The van der Waals surface area contributed by atoms with Gasteiger partial charge in [-0.25, -0.2) is 0 Å². The van der Waals surface area contributed by atoms with Crippen molar-refractivity contribution >= 4 is 21.6 Å². The molecule has 0 aliphatic heterocycles. The normalized spacial score (nSPS) is 11.6. The van der Waals surface area contributed by atoms with Crippen LogP contribution >= 0.6 is 15.9 Å². The second-order valence-corrected chi connectivity index (χ2v) is 5.50. The molecule has 0 spiro atoms. The van der Waals surface area contributed by atoms with Crippen LogP contribution < -0.4 is 5.32 Å². The zero-order chi connectivity index (χ0) is 13.1. The van der Waals surface area contributed by atoms with Crippen molar-refractivity contribution in [3.8, 4) is 0 Å². The van der Waals surface area contributed by atoms with Gasteiger partial charge in [-0.3, -0.25) is 0 Å². The van der Waals surface area contributed by atoms with E-state index in [2.05, 4.69) is 47.2 Å². The van der Waals surface area contributed by atoms with Crippen LogP contribution in [0.1, 0.15) is 37.8 Å². The molecule has 0 aliphatic rings. The molecule has 1 aromatic carbocycles. The Morgan fingerprint density at radius 2 is 1.65 bits per heavy atom. The maximum absolute atomic E-state index is 10.2. The van der Waals surface area contributed by atoms with Gasteiger partial charge in [0.05, 0.1) is 5.60 Å². The largest absolute Gasteiger partial charge is 0.388 e. The van der Waals surface area contributed by atoms with Crippen LogP contribution in [0.2, 0.25) is 0 Å². The van der Waals surface area contributed by atoms with E-state index in [0.717, 1.165) is 23.0 Å². The average molecular weight is 300 g/mol. The minimum absolute atomic E-state index is 0.598. The van der Waals surface area contributed by atoms with E-state index in [-0.39, 0.29) is 0 Å². The van der Waals surface area contributed by atoms with Gasteiger partial charge in [0.25, 0.3) is 0 Å². The smallest absolute Gasteiger partial charge is 0.0814 e. The molecule has 96 valence electrons. The SMILES string of the molecule is CCC(O)(CC)CNc1cc(C)c(Br)c(C)c1. The zero-order valence-electron chi connectivity index (χ0n) is 11.1. The number of rotatable bonds is 5. The van der Waals surface area contributed by atoms with Crippen molar-refractivity contribution in [3.05, 3.63) is 27.7 Å². The molecule has 0 unspecified atom stereocenters. The molecule has 0 fully saturated rings. The molecule has 2 nitrogen and oxygen atoms in total. The Hall–Kier alpha value is -0.540. The Kier molecular flexibility index (Phi) is 5.02. The molecule has 17 heavy (non-hydrogen) atoms. The van der Waals surface area contributed by atoms with Gasteiger partial charge in [-0.05, 0) is 49.9 Å². The first kappa shape index (κ1) is 14.5. The summed E-state index contributed by atoms with van der Waals surface area (Å²) < 4.78 is 1.16.